The molecule has 0 amide bonds. The van der Waals surface area contributed by atoms with Gasteiger partial charge >= 0.3 is 0 Å². The Hall–Kier alpha value is -3.92. The molecule has 0 radical (unpaired) electrons. The van der Waals surface area contributed by atoms with Gasteiger partial charge in [0.25, 0.3) is 5.56 Å². The maximum atomic E-state index is 13.1. The van der Waals surface area contributed by atoms with Crippen LogP contribution in [0, 0.1) is 32.1 Å². The Morgan fingerprint density at radius 1 is 1.06 bits per heavy atom. The molecule has 0 aliphatic carbocycles. The van der Waals surface area contributed by atoms with Gasteiger partial charge in [0.15, 0.2) is 5.69 Å². The van der Waals surface area contributed by atoms with Crippen LogP contribution in [0.5, 0.6) is 11.6 Å². The van der Waals surface area contributed by atoms with Gasteiger partial charge in [-0.15, -0.1) is 5.11 Å². The number of hydrogen-bond donors (Lipinski definition) is 1. The van der Waals surface area contributed by atoms with E-state index in [2.05, 4.69) is 10.2 Å². The highest BCUT2D eigenvalue weighted by Gasteiger charge is 2.19. The summed E-state index contributed by atoms with van der Waals surface area (Å²) >= 11 is 0. The van der Waals surface area contributed by atoms with Crippen LogP contribution >= 0.6 is 0 Å². The van der Waals surface area contributed by atoms with Gasteiger partial charge in [-0.25, -0.2) is 0 Å². The number of benzene rings is 2. The van der Waals surface area contributed by atoms with E-state index in [9.17, 15) is 15.2 Å². The highest BCUT2D eigenvalue weighted by Crippen LogP contribution is 2.27. The molecule has 0 spiro atoms. The Labute approximate surface area is 180 Å². The van der Waals surface area contributed by atoms with Gasteiger partial charge in [0.1, 0.15) is 17.4 Å². The number of aromatic hydroxyl groups is 1. The third-order valence-corrected chi connectivity index (χ3v) is 5.31. The maximum absolute atomic E-state index is 13.1. The zero-order valence-electron chi connectivity index (χ0n) is 18.0. The molecule has 1 heterocycles. The summed E-state index contributed by atoms with van der Waals surface area (Å²) in [6.45, 7) is 5.75. The topological polar surface area (TPSA) is 100.0 Å². The molecule has 158 valence electrons. The lowest BCUT2D eigenvalue weighted by Gasteiger charge is -2.13. The summed E-state index contributed by atoms with van der Waals surface area (Å²) < 4.78 is 6.32. The van der Waals surface area contributed by atoms with Crippen LogP contribution in [0.1, 0.15) is 27.8 Å². The van der Waals surface area contributed by atoms with Crippen LogP contribution in [-0.2, 0) is 13.0 Å². The third-order valence-electron chi connectivity index (χ3n) is 5.31. The molecule has 0 aliphatic heterocycles. The van der Waals surface area contributed by atoms with Gasteiger partial charge in [-0.3, -0.25) is 9.36 Å². The summed E-state index contributed by atoms with van der Waals surface area (Å²) in [6.07, 6.45) is 0.485. The highest BCUT2D eigenvalue weighted by atomic mass is 16.5. The molecule has 0 atom stereocenters. The van der Waals surface area contributed by atoms with Crippen LogP contribution in [0.2, 0.25) is 0 Å². The first-order chi connectivity index (χ1) is 14.8. The lowest BCUT2D eigenvalue weighted by Crippen LogP contribution is -2.22. The smallest absolute Gasteiger partial charge is 0.281 e. The van der Waals surface area contributed by atoms with E-state index in [-0.39, 0.29) is 23.7 Å². The van der Waals surface area contributed by atoms with Crippen molar-refractivity contribution in [1.29, 1.82) is 5.26 Å². The maximum Gasteiger partial charge on any atom is 0.281 e. The van der Waals surface area contributed by atoms with E-state index in [1.807, 2.05) is 62.4 Å². The second kappa shape index (κ2) is 9.26. The Balaban J connectivity index is 1.97. The number of azo groups is 1. The molecule has 7 nitrogen and oxygen atoms in total. The second-order valence-corrected chi connectivity index (χ2v) is 7.31. The van der Waals surface area contributed by atoms with E-state index in [1.165, 1.54) is 4.57 Å². The number of ether oxygens (including phenoxy) is 1. The van der Waals surface area contributed by atoms with Gasteiger partial charge in [-0.2, -0.15) is 10.4 Å². The molecule has 0 saturated heterocycles. The molecule has 7 heteroatoms. The molecule has 1 aromatic heterocycles. The molecule has 0 fully saturated rings. The Morgan fingerprint density at radius 3 is 2.39 bits per heavy atom. The predicted octanol–water partition coefficient (Wildman–Crippen LogP) is 5.02. The minimum atomic E-state index is -0.491. The molecule has 2 aromatic carbocycles. The first-order valence-corrected chi connectivity index (χ1v) is 9.84. The first-order valence-electron chi connectivity index (χ1n) is 9.84. The predicted molar refractivity (Wildman–Crippen MR) is 119 cm³/mol. The molecular weight excluding hydrogens is 392 g/mol. The Morgan fingerprint density at radius 2 is 1.77 bits per heavy atom. The van der Waals surface area contributed by atoms with E-state index >= 15 is 0 Å². The average molecular weight is 416 g/mol. The van der Waals surface area contributed by atoms with Crippen molar-refractivity contribution in [2.24, 2.45) is 10.2 Å². The standard InChI is InChI=1S/C24H24N4O3/c1-15-5-8-19(13-16(15)2)26-27-22-17(3)21(14-25)23(29)28(24(22)30)12-11-18-6-9-20(31-4)10-7-18/h5-10,13,29H,11-12H2,1-4H3. The second-order valence-electron chi connectivity index (χ2n) is 7.31. The van der Waals surface area contributed by atoms with Crippen LogP contribution in [0.15, 0.2) is 57.5 Å². The SMILES string of the molecule is COc1ccc(CCn2c(O)c(C#N)c(C)c(N=Nc3ccc(C)c(C)c3)c2=O)cc1. The van der Waals surface area contributed by atoms with E-state index < -0.39 is 5.56 Å². The minimum absolute atomic E-state index is 0.0170. The molecule has 0 aliphatic rings. The Kier molecular flexibility index (Phi) is 6.51. The lowest BCUT2D eigenvalue weighted by molar-refractivity contribution is 0.403. The van der Waals surface area contributed by atoms with Crippen molar-refractivity contribution in [3.63, 3.8) is 0 Å². The molecular formula is C24H24N4O3. The summed E-state index contributed by atoms with van der Waals surface area (Å²) in [7, 11) is 1.59. The normalized spacial score (nSPS) is 10.9. The summed E-state index contributed by atoms with van der Waals surface area (Å²) in [5.41, 5.74) is 3.64. The zero-order chi connectivity index (χ0) is 22.5. The fraction of sp³-hybridized carbons (Fsp3) is 0.250. The van der Waals surface area contributed by atoms with Crippen molar-refractivity contribution in [1.82, 2.24) is 4.57 Å². The minimum Gasteiger partial charge on any atom is -0.497 e. The van der Waals surface area contributed by atoms with Crippen LogP contribution in [-0.4, -0.2) is 16.8 Å². The number of nitriles is 1. The fourth-order valence-corrected chi connectivity index (χ4v) is 3.19. The third kappa shape index (κ3) is 4.64. The van der Waals surface area contributed by atoms with Crippen LogP contribution in [0.4, 0.5) is 11.4 Å². The quantitative estimate of drug-likeness (QED) is 0.570. The fourth-order valence-electron chi connectivity index (χ4n) is 3.19. The number of methoxy groups -OCH3 is 1. The van der Waals surface area contributed by atoms with E-state index in [0.717, 1.165) is 22.4 Å². The van der Waals surface area contributed by atoms with Crippen molar-refractivity contribution in [3.05, 3.63) is 80.6 Å². The van der Waals surface area contributed by atoms with Gasteiger partial charge in [0, 0.05) is 12.1 Å². The molecule has 1 N–H and O–H groups in total. The molecule has 0 unspecified atom stereocenters. The van der Waals surface area contributed by atoms with E-state index in [4.69, 9.17) is 4.74 Å². The first kappa shape index (κ1) is 21.8. The van der Waals surface area contributed by atoms with Crippen LogP contribution in [0.25, 0.3) is 0 Å². The average Bonchev–Trinajstić information content (AvgIpc) is 2.76. The van der Waals surface area contributed by atoms with Crippen molar-refractivity contribution in [2.75, 3.05) is 7.11 Å². The van der Waals surface area contributed by atoms with Gasteiger partial charge in [0.05, 0.1) is 12.8 Å². The molecule has 0 bridgehead atoms. The number of aryl methyl sites for hydroxylation is 3. The van der Waals surface area contributed by atoms with Crippen molar-refractivity contribution >= 4 is 11.4 Å². The number of rotatable bonds is 6. The van der Waals surface area contributed by atoms with Crippen molar-refractivity contribution in [2.45, 2.75) is 33.7 Å². The highest BCUT2D eigenvalue weighted by molar-refractivity contribution is 5.57. The van der Waals surface area contributed by atoms with Gasteiger partial charge < -0.3 is 9.84 Å². The summed E-state index contributed by atoms with van der Waals surface area (Å²) in [6, 6.07) is 15.0. The summed E-state index contributed by atoms with van der Waals surface area (Å²) in [5.74, 6) is 0.378. The van der Waals surface area contributed by atoms with Gasteiger partial charge in [-0.05, 0) is 68.1 Å². The number of aromatic nitrogens is 1. The molecule has 0 saturated carbocycles. The molecule has 31 heavy (non-hydrogen) atoms. The zero-order valence-corrected chi connectivity index (χ0v) is 18.0. The monoisotopic (exact) mass is 416 g/mol. The number of hydrogen-bond acceptors (Lipinski definition) is 6. The van der Waals surface area contributed by atoms with Gasteiger partial charge in [-0.1, -0.05) is 18.2 Å². The number of pyridine rings is 1. The lowest BCUT2D eigenvalue weighted by atomic mass is 10.1. The summed E-state index contributed by atoms with van der Waals surface area (Å²) in [4.78, 5) is 13.1. The molecule has 3 rings (SSSR count). The Bertz CT molecular complexity index is 1240. The van der Waals surface area contributed by atoms with Crippen LogP contribution in [0.3, 0.4) is 0 Å². The molecule has 3 aromatic rings. The van der Waals surface area contributed by atoms with Crippen LogP contribution < -0.4 is 10.3 Å². The van der Waals surface area contributed by atoms with Crippen molar-refractivity contribution in [3.8, 4) is 17.7 Å². The number of nitrogens with zero attached hydrogens (tertiary/aromatic N) is 4. The van der Waals surface area contributed by atoms with E-state index in [0.29, 0.717) is 17.7 Å². The largest absolute Gasteiger partial charge is 0.497 e. The van der Waals surface area contributed by atoms with Gasteiger partial charge in [0.2, 0.25) is 5.88 Å². The summed E-state index contributed by atoms with van der Waals surface area (Å²) in [5, 5.41) is 28.4. The van der Waals surface area contributed by atoms with Crippen molar-refractivity contribution < 1.29 is 9.84 Å². The van der Waals surface area contributed by atoms with E-state index in [1.54, 1.807) is 14.0 Å².